The minimum Gasteiger partial charge on any atom is -0.322 e. The second kappa shape index (κ2) is 7.75. The number of hydrogen-bond acceptors (Lipinski definition) is 3. The minimum atomic E-state index is -0.150. The quantitative estimate of drug-likeness (QED) is 0.496. The second-order valence-electron chi connectivity index (χ2n) is 7.73. The number of anilines is 1. The molecule has 0 aliphatic carbocycles. The number of pyridine rings is 1. The number of aryl methyl sites for hydroxylation is 4. The van der Waals surface area contributed by atoms with Crippen LogP contribution in [0.25, 0.3) is 16.7 Å². The van der Waals surface area contributed by atoms with Crippen LogP contribution in [0.4, 0.5) is 5.69 Å². The molecular weight excluding hydrogens is 372 g/mol. The molecule has 0 fully saturated rings. The van der Waals surface area contributed by atoms with Gasteiger partial charge in [-0.25, -0.2) is 9.67 Å². The van der Waals surface area contributed by atoms with Crippen molar-refractivity contribution in [3.63, 3.8) is 0 Å². The van der Waals surface area contributed by atoms with E-state index in [0.29, 0.717) is 11.2 Å². The fourth-order valence-corrected chi connectivity index (χ4v) is 3.72. The second-order valence-corrected chi connectivity index (χ2v) is 7.73. The fourth-order valence-electron chi connectivity index (χ4n) is 3.72. The summed E-state index contributed by atoms with van der Waals surface area (Å²) in [4.78, 5) is 18.0. The molecule has 2 aromatic carbocycles. The molecule has 1 N–H and O–H groups in total. The van der Waals surface area contributed by atoms with Gasteiger partial charge < -0.3 is 5.32 Å². The van der Waals surface area contributed by atoms with Crippen LogP contribution in [0.3, 0.4) is 0 Å². The van der Waals surface area contributed by atoms with Crippen molar-refractivity contribution < 1.29 is 4.79 Å². The van der Waals surface area contributed by atoms with E-state index in [0.717, 1.165) is 45.7 Å². The van der Waals surface area contributed by atoms with Crippen LogP contribution in [-0.4, -0.2) is 20.7 Å². The van der Waals surface area contributed by atoms with Crippen molar-refractivity contribution in [2.45, 2.75) is 41.0 Å². The Labute approximate surface area is 176 Å². The summed E-state index contributed by atoms with van der Waals surface area (Å²) in [6.45, 7) is 10.0. The summed E-state index contributed by atoms with van der Waals surface area (Å²) in [5.74, 6) is -0.150. The molecule has 5 nitrogen and oxygen atoms in total. The molecule has 4 rings (SSSR count). The number of aromatic nitrogens is 3. The van der Waals surface area contributed by atoms with Gasteiger partial charge in [0.25, 0.3) is 5.91 Å². The van der Waals surface area contributed by atoms with Crippen molar-refractivity contribution in [3.05, 3.63) is 82.2 Å². The average molecular weight is 399 g/mol. The third-order valence-corrected chi connectivity index (χ3v) is 5.63. The number of nitrogens with one attached hydrogen (secondary N) is 1. The Morgan fingerprint density at radius 3 is 2.47 bits per heavy atom. The van der Waals surface area contributed by atoms with Gasteiger partial charge >= 0.3 is 0 Å². The Morgan fingerprint density at radius 2 is 1.77 bits per heavy atom. The number of fused-ring (bicyclic) bond motifs is 1. The van der Waals surface area contributed by atoms with Gasteiger partial charge in [0.05, 0.1) is 22.3 Å². The summed E-state index contributed by atoms with van der Waals surface area (Å²) in [5.41, 5.74) is 8.08. The summed E-state index contributed by atoms with van der Waals surface area (Å²) in [6.07, 6.45) is 0.985. The SMILES string of the molecule is CCc1ccc(-n2nc(C)c3c(C(=O)Nc4cccc(C)c4C)cc(C)nc32)cc1. The van der Waals surface area contributed by atoms with Crippen molar-refractivity contribution in [1.29, 1.82) is 0 Å². The van der Waals surface area contributed by atoms with Crippen molar-refractivity contribution >= 4 is 22.6 Å². The molecule has 0 saturated carbocycles. The van der Waals surface area contributed by atoms with Crippen molar-refractivity contribution in [1.82, 2.24) is 14.8 Å². The van der Waals surface area contributed by atoms with Gasteiger partial charge in [-0.2, -0.15) is 5.10 Å². The van der Waals surface area contributed by atoms with Gasteiger partial charge in [0.15, 0.2) is 5.65 Å². The van der Waals surface area contributed by atoms with E-state index >= 15 is 0 Å². The van der Waals surface area contributed by atoms with Crippen molar-refractivity contribution in [2.75, 3.05) is 5.32 Å². The zero-order chi connectivity index (χ0) is 21.4. The molecule has 0 unspecified atom stereocenters. The Kier molecular flexibility index (Phi) is 5.12. The monoisotopic (exact) mass is 398 g/mol. The van der Waals surface area contributed by atoms with Crippen LogP contribution >= 0.6 is 0 Å². The number of nitrogens with zero attached hydrogens (tertiary/aromatic N) is 3. The van der Waals surface area contributed by atoms with E-state index in [1.54, 1.807) is 0 Å². The average Bonchev–Trinajstić information content (AvgIpc) is 3.07. The van der Waals surface area contributed by atoms with Crippen LogP contribution in [0.2, 0.25) is 0 Å². The number of hydrogen-bond donors (Lipinski definition) is 1. The summed E-state index contributed by atoms with van der Waals surface area (Å²) in [7, 11) is 0. The van der Waals surface area contributed by atoms with Gasteiger partial charge in [0.2, 0.25) is 0 Å². The minimum absolute atomic E-state index is 0.150. The molecule has 152 valence electrons. The zero-order valence-electron chi connectivity index (χ0n) is 18.1. The Morgan fingerprint density at radius 1 is 1.03 bits per heavy atom. The highest BCUT2D eigenvalue weighted by Gasteiger charge is 2.20. The molecule has 2 heterocycles. The molecule has 0 atom stereocenters. The lowest BCUT2D eigenvalue weighted by molar-refractivity contribution is 0.102. The molecule has 0 bridgehead atoms. The highest BCUT2D eigenvalue weighted by molar-refractivity contribution is 6.13. The van der Waals surface area contributed by atoms with E-state index in [1.165, 1.54) is 5.56 Å². The molecule has 0 radical (unpaired) electrons. The van der Waals surface area contributed by atoms with Crippen LogP contribution in [-0.2, 0) is 6.42 Å². The number of carbonyl (C=O) groups is 1. The molecule has 5 heteroatoms. The van der Waals surface area contributed by atoms with E-state index in [-0.39, 0.29) is 5.91 Å². The van der Waals surface area contributed by atoms with Crippen LogP contribution in [0.5, 0.6) is 0 Å². The van der Waals surface area contributed by atoms with Crippen molar-refractivity contribution in [2.24, 2.45) is 0 Å². The largest absolute Gasteiger partial charge is 0.322 e. The van der Waals surface area contributed by atoms with E-state index in [2.05, 4.69) is 24.4 Å². The lowest BCUT2D eigenvalue weighted by Gasteiger charge is -2.12. The Balaban J connectivity index is 1.82. The predicted octanol–water partition coefficient (Wildman–Crippen LogP) is 5.47. The molecule has 0 saturated heterocycles. The maximum Gasteiger partial charge on any atom is 0.256 e. The first kappa shape index (κ1) is 19.8. The molecular formula is C25H26N4O. The number of benzene rings is 2. The van der Waals surface area contributed by atoms with Crippen LogP contribution in [0.15, 0.2) is 48.5 Å². The molecule has 0 spiro atoms. The van der Waals surface area contributed by atoms with Gasteiger partial charge in [-0.3, -0.25) is 4.79 Å². The standard InChI is InChI=1S/C25H26N4O/c1-6-19-10-12-20(13-11-19)29-24-23(18(5)28-29)21(14-16(3)26-24)25(30)27-22-9-7-8-15(2)17(22)4/h7-14H,6H2,1-5H3,(H,27,30). The van der Waals surface area contributed by atoms with Gasteiger partial charge in [0, 0.05) is 11.4 Å². The molecule has 1 amide bonds. The zero-order valence-corrected chi connectivity index (χ0v) is 18.1. The lowest BCUT2D eigenvalue weighted by atomic mass is 10.1. The molecule has 0 aliphatic rings. The topological polar surface area (TPSA) is 59.8 Å². The first-order valence-corrected chi connectivity index (χ1v) is 10.2. The van der Waals surface area contributed by atoms with Crippen LogP contribution in [0.1, 0.15) is 45.4 Å². The van der Waals surface area contributed by atoms with E-state index in [4.69, 9.17) is 10.1 Å². The third kappa shape index (κ3) is 3.47. The highest BCUT2D eigenvalue weighted by Crippen LogP contribution is 2.27. The number of rotatable bonds is 4. The maximum absolute atomic E-state index is 13.2. The first-order valence-electron chi connectivity index (χ1n) is 10.2. The van der Waals surface area contributed by atoms with Gasteiger partial charge in [-0.1, -0.05) is 31.2 Å². The van der Waals surface area contributed by atoms with Crippen LogP contribution < -0.4 is 5.32 Å². The summed E-state index contributed by atoms with van der Waals surface area (Å²) < 4.78 is 1.83. The lowest BCUT2D eigenvalue weighted by Crippen LogP contribution is -2.14. The normalized spacial score (nSPS) is 11.1. The van der Waals surface area contributed by atoms with E-state index in [1.807, 2.05) is 68.8 Å². The first-order chi connectivity index (χ1) is 14.4. The number of amides is 1. The third-order valence-electron chi connectivity index (χ3n) is 5.63. The predicted molar refractivity (Wildman–Crippen MR) is 122 cm³/mol. The van der Waals surface area contributed by atoms with E-state index in [9.17, 15) is 4.79 Å². The summed E-state index contributed by atoms with van der Waals surface area (Å²) >= 11 is 0. The van der Waals surface area contributed by atoms with Crippen LogP contribution in [0, 0.1) is 27.7 Å². The van der Waals surface area contributed by atoms with Gasteiger partial charge in [-0.05, 0) is 75.1 Å². The molecule has 4 aromatic rings. The molecule has 0 aliphatic heterocycles. The maximum atomic E-state index is 13.2. The van der Waals surface area contributed by atoms with Crippen molar-refractivity contribution in [3.8, 4) is 5.69 Å². The summed E-state index contributed by atoms with van der Waals surface area (Å²) in [5, 5.41) is 8.57. The van der Waals surface area contributed by atoms with Gasteiger partial charge in [0.1, 0.15) is 0 Å². The van der Waals surface area contributed by atoms with E-state index < -0.39 is 0 Å². The number of carbonyl (C=O) groups excluding carboxylic acids is 1. The molecule has 30 heavy (non-hydrogen) atoms. The molecule has 2 aromatic heterocycles. The fraction of sp³-hybridized carbons (Fsp3) is 0.240. The summed E-state index contributed by atoms with van der Waals surface area (Å²) in [6, 6.07) is 16.0. The smallest absolute Gasteiger partial charge is 0.256 e. The highest BCUT2D eigenvalue weighted by atomic mass is 16.1. The Bertz CT molecular complexity index is 1250. The Hall–Kier alpha value is -3.47. The van der Waals surface area contributed by atoms with Gasteiger partial charge in [-0.15, -0.1) is 0 Å².